The summed E-state index contributed by atoms with van der Waals surface area (Å²) in [6.45, 7) is 2.96. The topological polar surface area (TPSA) is 191 Å². The predicted octanol–water partition coefficient (Wildman–Crippen LogP) is 2.73. The van der Waals surface area contributed by atoms with E-state index in [-0.39, 0.29) is 25.2 Å². The van der Waals surface area contributed by atoms with Crippen LogP contribution in [0, 0.1) is 22.7 Å². The van der Waals surface area contributed by atoms with Gasteiger partial charge in [-0.2, -0.15) is 0 Å². The lowest BCUT2D eigenvalue weighted by molar-refractivity contribution is -0.233. The second-order valence-electron chi connectivity index (χ2n) is 14.5. The van der Waals surface area contributed by atoms with Crippen LogP contribution in [0.3, 0.4) is 0 Å². The molecule has 5 aliphatic rings. The number of nitrogens with two attached hydrogens (primary N) is 1. The van der Waals surface area contributed by atoms with E-state index < -0.39 is 77.1 Å². The molecule has 7 rings (SSSR count). The summed E-state index contributed by atoms with van der Waals surface area (Å²) in [7, 11) is 0. The van der Waals surface area contributed by atoms with Crippen molar-refractivity contribution in [2.45, 2.75) is 88.7 Å². The van der Waals surface area contributed by atoms with E-state index in [0.29, 0.717) is 41.8 Å². The Morgan fingerprint density at radius 3 is 2.71 bits per heavy atom. The summed E-state index contributed by atoms with van der Waals surface area (Å²) in [6, 6.07) is 7.19. The molecule has 12 nitrogen and oxygen atoms in total. The third kappa shape index (κ3) is 4.81. The minimum atomic E-state index is -2.25. The number of aromatic nitrogens is 1. The fourth-order valence-corrected chi connectivity index (χ4v) is 9.73. The van der Waals surface area contributed by atoms with E-state index in [1.54, 1.807) is 44.3 Å². The van der Waals surface area contributed by atoms with Crippen molar-refractivity contribution >= 4 is 23.2 Å². The molecule has 2 aromatic rings. The summed E-state index contributed by atoms with van der Waals surface area (Å²) in [5, 5.41) is 40.3. The number of aliphatic hydroxyl groups excluding tert-OH is 3. The van der Waals surface area contributed by atoms with Crippen LogP contribution < -0.4 is 5.73 Å². The number of rotatable bonds is 9. The van der Waals surface area contributed by atoms with Gasteiger partial charge in [0.2, 0.25) is 0 Å². The number of aliphatic carboxylic acids is 1. The molecule has 262 valence electrons. The van der Waals surface area contributed by atoms with Gasteiger partial charge in [-0.05, 0) is 68.4 Å². The Balaban J connectivity index is 1.21. The molecular formula is C36H41FN2O10. The van der Waals surface area contributed by atoms with Crippen LogP contribution in [0.5, 0.6) is 0 Å². The number of carbonyl (C=O) groups is 3. The number of carbonyl (C=O) groups excluding carboxylic acids is 2. The standard InChI is InChI=1S/C36H41FN2O10/c1-33-9-7-23(41)12-22(33)5-6-24-25-13-29-36(28(43)18-47-31(46)30(44)45,34(25,2)14-27(42)35(24,33)37)49-32(48-29)20-8-10-39(16-20)15-19-3-4-21(17-40)26(38)11-19/h3-4,7-12,16,24-25,27,29,31-32,40,42,46H,5-6,13-15,17-18,38H2,1-2H3,(H,44,45)/t24-,25-,27-,29+,31?,32+,33-,34-,35-,36+/m0/s1. The van der Waals surface area contributed by atoms with E-state index >= 15 is 4.39 Å². The highest BCUT2D eigenvalue weighted by Crippen LogP contribution is 2.72. The third-order valence-electron chi connectivity index (χ3n) is 12.2. The number of hydrogen-bond donors (Lipinski definition) is 5. The number of Topliss-reactive ketones (excluding diaryl/α,β-unsaturated/α-hetero) is 1. The van der Waals surface area contributed by atoms with Crippen LogP contribution in [0.15, 0.2) is 60.5 Å². The van der Waals surface area contributed by atoms with Crippen molar-refractivity contribution in [2.24, 2.45) is 22.7 Å². The Morgan fingerprint density at radius 1 is 1.22 bits per heavy atom. The Morgan fingerprint density at radius 2 is 2.00 bits per heavy atom. The van der Waals surface area contributed by atoms with Gasteiger partial charge in [0.05, 0.1) is 18.8 Å². The summed E-state index contributed by atoms with van der Waals surface area (Å²) in [5.41, 5.74) is 2.94. The van der Waals surface area contributed by atoms with Gasteiger partial charge in [-0.3, -0.25) is 9.59 Å². The summed E-state index contributed by atoms with van der Waals surface area (Å²) < 4.78 is 37.8. The SMILES string of the molecule is C[C@]12C=CC(=O)C=C1CC[C@H]1[C@@H]3C[C@H]4O[C@@H](c5ccn(Cc6ccc(CO)c(N)c6)c5)O[C@@]4(C(=O)COC(O)C(=O)O)[C@@]3(C)C[C@H](O)[C@@]12F. The van der Waals surface area contributed by atoms with E-state index in [2.05, 4.69) is 0 Å². The van der Waals surface area contributed by atoms with Gasteiger partial charge in [0, 0.05) is 52.5 Å². The second kappa shape index (κ2) is 11.7. The normalized spacial score (nSPS) is 38.3. The molecular weight excluding hydrogens is 639 g/mol. The Labute approximate surface area is 281 Å². The number of ether oxygens (including phenoxy) is 3. The van der Waals surface area contributed by atoms with Crippen LogP contribution in [0.4, 0.5) is 10.1 Å². The lowest BCUT2D eigenvalue weighted by Gasteiger charge is -2.62. The molecule has 4 fully saturated rings. The highest BCUT2D eigenvalue weighted by atomic mass is 19.1. The van der Waals surface area contributed by atoms with Gasteiger partial charge >= 0.3 is 5.97 Å². The van der Waals surface area contributed by atoms with Crippen LogP contribution in [0.2, 0.25) is 0 Å². The molecule has 1 unspecified atom stereocenters. The number of carboxylic acid groups (broad SMARTS) is 1. The number of carboxylic acids is 1. The summed E-state index contributed by atoms with van der Waals surface area (Å²) in [4.78, 5) is 37.8. The first kappa shape index (κ1) is 33.8. The first-order chi connectivity index (χ1) is 23.2. The number of aliphatic hydroxyl groups is 3. The Bertz CT molecular complexity index is 1770. The molecule has 4 aliphatic carbocycles. The fraction of sp³-hybridized carbons (Fsp3) is 0.528. The van der Waals surface area contributed by atoms with E-state index in [0.717, 1.165) is 5.56 Å². The lowest BCUT2D eigenvalue weighted by Crippen LogP contribution is -2.69. The Hall–Kier alpha value is -3.72. The van der Waals surface area contributed by atoms with Gasteiger partial charge in [0.25, 0.3) is 6.29 Å². The Kier molecular flexibility index (Phi) is 8.05. The van der Waals surface area contributed by atoms with E-state index in [9.17, 15) is 34.8 Å². The monoisotopic (exact) mass is 680 g/mol. The van der Waals surface area contributed by atoms with Gasteiger partial charge in [0.1, 0.15) is 6.61 Å². The summed E-state index contributed by atoms with van der Waals surface area (Å²) in [5.74, 6) is -3.78. The first-order valence-electron chi connectivity index (χ1n) is 16.5. The van der Waals surface area contributed by atoms with Gasteiger partial charge < -0.3 is 44.9 Å². The van der Waals surface area contributed by atoms with E-state index in [1.807, 2.05) is 16.8 Å². The molecule has 0 amide bonds. The molecule has 1 aromatic heterocycles. The molecule has 49 heavy (non-hydrogen) atoms. The maximum atomic E-state index is 17.7. The average molecular weight is 681 g/mol. The van der Waals surface area contributed by atoms with Crippen molar-refractivity contribution in [3.05, 3.63) is 77.2 Å². The van der Waals surface area contributed by atoms with Crippen LogP contribution in [-0.4, -0.2) is 78.9 Å². The van der Waals surface area contributed by atoms with Crippen LogP contribution >= 0.6 is 0 Å². The number of nitrogen functional groups attached to an aromatic ring is 1. The fourth-order valence-electron chi connectivity index (χ4n) is 9.73. The number of allylic oxidation sites excluding steroid dienone is 4. The van der Waals surface area contributed by atoms with Crippen LogP contribution in [0.25, 0.3) is 0 Å². The van der Waals surface area contributed by atoms with Crippen molar-refractivity contribution in [2.75, 3.05) is 12.3 Å². The molecule has 13 heteroatoms. The van der Waals surface area contributed by atoms with Gasteiger partial charge in [0.15, 0.2) is 29.1 Å². The number of anilines is 1. The number of fused-ring (bicyclic) bond motifs is 7. The molecule has 1 saturated heterocycles. The van der Waals surface area contributed by atoms with Crippen molar-refractivity contribution in [1.29, 1.82) is 0 Å². The number of ketones is 2. The predicted molar refractivity (Wildman–Crippen MR) is 170 cm³/mol. The maximum absolute atomic E-state index is 17.7. The average Bonchev–Trinajstić information content (AvgIpc) is 3.74. The molecule has 0 spiro atoms. The second-order valence-corrected chi connectivity index (χ2v) is 14.5. The van der Waals surface area contributed by atoms with Gasteiger partial charge in [-0.25, -0.2) is 9.18 Å². The zero-order valence-corrected chi connectivity index (χ0v) is 27.3. The van der Waals surface area contributed by atoms with Crippen LogP contribution in [0.1, 0.15) is 62.5 Å². The van der Waals surface area contributed by atoms with Crippen molar-refractivity contribution in [3.63, 3.8) is 0 Å². The highest BCUT2D eigenvalue weighted by Gasteiger charge is 2.79. The highest BCUT2D eigenvalue weighted by molar-refractivity contribution is 6.01. The molecule has 0 bridgehead atoms. The number of halogens is 1. The number of alkyl halides is 1. The maximum Gasteiger partial charge on any atom is 0.360 e. The quantitative estimate of drug-likeness (QED) is 0.193. The minimum Gasteiger partial charge on any atom is -0.477 e. The molecule has 10 atom stereocenters. The third-order valence-corrected chi connectivity index (χ3v) is 12.2. The summed E-state index contributed by atoms with van der Waals surface area (Å²) >= 11 is 0. The number of nitrogens with zero attached hydrogens (tertiary/aromatic N) is 1. The van der Waals surface area contributed by atoms with Gasteiger partial charge in [-0.1, -0.05) is 30.7 Å². The van der Waals surface area contributed by atoms with Gasteiger partial charge in [-0.15, -0.1) is 0 Å². The minimum absolute atomic E-state index is 0.169. The zero-order chi connectivity index (χ0) is 35.1. The van der Waals surface area contributed by atoms with E-state index in [4.69, 9.17) is 19.9 Å². The molecule has 2 heterocycles. The van der Waals surface area contributed by atoms with E-state index in [1.165, 1.54) is 12.2 Å². The molecule has 6 N–H and O–H groups in total. The zero-order valence-electron chi connectivity index (χ0n) is 27.3. The smallest absolute Gasteiger partial charge is 0.360 e. The molecule has 0 radical (unpaired) electrons. The molecule has 1 aliphatic heterocycles. The lowest BCUT2D eigenvalue weighted by atomic mass is 9.44. The van der Waals surface area contributed by atoms with Crippen molar-refractivity contribution in [1.82, 2.24) is 4.57 Å². The number of benzene rings is 1. The molecule has 3 saturated carbocycles. The summed E-state index contributed by atoms with van der Waals surface area (Å²) in [6.07, 6.45) is 3.06. The largest absolute Gasteiger partial charge is 0.477 e. The first-order valence-corrected chi connectivity index (χ1v) is 16.5. The van der Waals surface area contributed by atoms with Crippen molar-refractivity contribution < 1.29 is 53.4 Å². The number of hydrogen-bond acceptors (Lipinski definition) is 10. The molecule has 1 aromatic carbocycles. The van der Waals surface area contributed by atoms with Crippen molar-refractivity contribution in [3.8, 4) is 0 Å². The van der Waals surface area contributed by atoms with Crippen LogP contribution in [-0.2, 0) is 41.7 Å².